The zero-order valence-corrected chi connectivity index (χ0v) is 10.8. The molecule has 7 nitrogen and oxygen atoms in total. The summed E-state index contributed by atoms with van der Waals surface area (Å²) in [6, 6.07) is 0. The Morgan fingerprint density at radius 1 is 1.21 bits per heavy atom. The van der Waals surface area contributed by atoms with E-state index in [9.17, 15) is 0 Å². The largest absolute Gasteiger partial charge is 0.372 e. The molecule has 0 aliphatic heterocycles. The zero-order chi connectivity index (χ0) is 13.2. The van der Waals surface area contributed by atoms with E-state index in [1.807, 2.05) is 41.7 Å². The highest BCUT2D eigenvalue weighted by Crippen LogP contribution is 2.16. The number of hydrogen-bond acceptors (Lipinski definition) is 5. The quantitative estimate of drug-likeness (QED) is 0.732. The minimum absolute atomic E-state index is 0.603. The topological polar surface area (TPSA) is 72.1 Å². The maximum atomic E-state index is 4.48. The average Bonchev–Trinajstić information content (AvgIpc) is 3.04. The molecule has 7 heteroatoms. The summed E-state index contributed by atoms with van der Waals surface area (Å²) in [7, 11) is 3.81. The SMILES string of the molecule is CNc1cn2ccnc2c(NCc2nccn2C)n1. The zero-order valence-electron chi connectivity index (χ0n) is 10.8. The second kappa shape index (κ2) is 4.60. The number of nitrogens with one attached hydrogen (secondary N) is 2. The van der Waals surface area contributed by atoms with Gasteiger partial charge in [0.25, 0.3) is 0 Å². The molecule has 0 saturated carbocycles. The van der Waals surface area contributed by atoms with Crippen LogP contribution in [0.25, 0.3) is 5.65 Å². The fourth-order valence-corrected chi connectivity index (χ4v) is 1.90. The van der Waals surface area contributed by atoms with E-state index in [-0.39, 0.29) is 0 Å². The van der Waals surface area contributed by atoms with E-state index in [4.69, 9.17) is 0 Å². The van der Waals surface area contributed by atoms with E-state index >= 15 is 0 Å². The van der Waals surface area contributed by atoms with Crippen LogP contribution in [-0.2, 0) is 13.6 Å². The van der Waals surface area contributed by atoms with E-state index in [0.717, 1.165) is 23.1 Å². The van der Waals surface area contributed by atoms with Gasteiger partial charge in [-0.05, 0) is 0 Å². The van der Waals surface area contributed by atoms with Crippen LogP contribution in [0.5, 0.6) is 0 Å². The van der Waals surface area contributed by atoms with Gasteiger partial charge < -0.3 is 19.6 Å². The van der Waals surface area contributed by atoms with Gasteiger partial charge in [-0.25, -0.2) is 15.0 Å². The van der Waals surface area contributed by atoms with Crippen LogP contribution in [0.1, 0.15) is 5.82 Å². The van der Waals surface area contributed by atoms with Gasteiger partial charge >= 0.3 is 0 Å². The van der Waals surface area contributed by atoms with Gasteiger partial charge in [-0.1, -0.05) is 0 Å². The van der Waals surface area contributed by atoms with Crippen molar-refractivity contribution >= 4 is 17.3 Å². The van der Waals surface area contributed by atoms with Crippen molar-refractivity contribution in [2.24, 2.45) is 7.05 Å². The highest BCUT2D eigenvalue weighted by atomic mass is 15.2. The summed E-state index contributed by atoms with van der Waals surface area (Å²) in [6.07, 6.45) is 9.24. The molecule has 19 heavy (non-hydrogen) atoms. The fraction of sp³-hybridized carbons (Fsp3) is 0.250. The van der Waals surface area contributed by atoms with Crippen LogP contribution in [0.3, 0.4) is 0 Å². The molecule has 0 bridgehead atoms. The molecule has 0 aromatic carbocycles. The lowest BCUT2D eigenvalue weighted by molar-refractivity contribution is 0.810. The number of fused-ring (bicyclic) bond motifs is 1. The molecule has 0 unspecified atom stereocenters. The Kier molecular flexibility index (Phi) is 2.79. The Bertz CT molecular complexity index is 697. The lowest BCUT2D eigenvalue weighted by Crippen LogP contribution is -2.09. The number of aryl methyl sites for hydroxylation is 1. The van der Waals surface area contributed by atoms with Crippen molar-refractivity contribution in [3.63, 3.8) is 0 Å². The molecule has 98 valence electrons. The average molecular weight is 257 g/mol. The van der Waals surface area contributed by atoms with Crippen LogP contribution < -0.4 is 10.6 Å². The Balaban J connectivity index is 1.91. The van der Waals surface area contributed by atoms with Gasteiger partial charge in [0.05, 0.1) is 12.7 Å². The Labute approximate surface area is 110 Å². The molecule has 0 amide bonds. The van der Waals surface area contributed by atoms with Gasteiger partial charge in [-0.15, -0.1) is 0 Å². The first-order chi connectivity index (χ1) is 9.28. The van der Waals surface area contributed by atoms with Crippen LogP contribution in [0.15, 0.2) is 31.0 Å². The number of aromatic nitrogens is 5. The summed E-state index contributed by atoms with van der Waals surface area (Å²) >= 11 is 0. The summed E-state index contributed by atoms with van der Waals surface area (Å²) in [4.78, 5) is 13.0. The number of imidazole rings is 2. The van der Waals surface area contributed by atoms with E-state index in [1.165, 1.54) is 0 Å². The molecule has 0 saturated heterocycles. The van der Waals surface area contributed by atoms with Crippen molar-refractivity contribution in [1.82, 2.24) is 23.9 Å². The fourth-order valence-electron chi connectivity index (χ4n) is 1.90. The van der Waals surface area contributed by atoms with Gasteiger partial charge in [0, 0.05) is 38.9 Å². The monoisotopic (exact) mass is 257 g/mol. The van der Waals surface area contributed by atoms with Crippen molar-refractivity contribution < 1.29 is 0 Å². The number of anilines is 2. The Hall–Kier alpha value is -2.57. The van der Waals surface area contributed by atoms with Crippen molar-refractivity contribution in [2.75, 3.05) is 17.7 Å². The minimum Gasteiger partial charge on any atom is -0.372 e. The Morgan fingerprint density at radius 3 is 2.79 bits per heavy atom. The van der Waals surface area contributed by atoms with Crippen LogP contribution in [0, 0.1) is 0 Å². The van der Waals surface area contributed by atoms with Crippen molar-refractivity contribution in [2.45, 2.75) is 6.54 Å². The van der Waals surface area contributed by atoms with Crippen molar-refractivity contribution in [3.8, 4) is 0 Å². The van der Waals surface area contributed by atoms with Crippen molar-refractivity contribution in [3.05, 3.63) is 36.8 Å². The third kappa shape index (κ3) is 2.10. The molecule has 3 aromatic rings. The standard InChI is InChI=1S/C12H15N7/c1-13-9-8-19-6-4-15-12(19)11(17-9)16-7-10-14-3-5-18(10)2/h3-6,8,13H,7H2,1-2H3,(H,16,17). The molecule has 3 heterocycles. The number of hydrogen-bond donors (Lipinski definition) is 2. The summed E-state index contributed by atoms with van der Waals surface area (Å²) in [6.45, 7) is 0.603. The van der Waals surface area contributed by atoms with Crippen LogP contribution in [-0.4, -0.2) is 31.0 Å². The first kappa shape index (κ1) is 11.5. The molecule has 3 rings (SSSR count). The van der Waals surface area contributed by atoms with E-state index in [1.54, 1.807) is 12.4 Å². The molecule has 0 radical (unpaired) electrons. The van der Waals surface area contributed by atoms with Crippen molar-refractivity contribution in [1.29, 1.82) is 0 Å². The summed E-state index contributed by atoms with van der Waals surface area (Å²) in [5.41, 5.74) is 0.799. The molecule has 0 fully saturated rings. The maximum Gasteiger partial charge on any atom is 0.180 e. The first-order valence-electron chi connectivity index (χ1n) is 5.99. The van der Waals surface area contributed by atoms with Crippen LogP contribution in [0.4, 0.5) is 11.6 Å². The molecule has 2 N–H and O–H groups in total. The van der Waals surface area contributed by atoms with Gasteiger partial charge in [-0.3, -0.25) is 0 Å². The molecule has 3 aromatic heterocycles. The van der Waals surface area contributed by atoms with Crippen LogP contribution in [0.2, 0.25) is 0 Å². The molecule has 0 aliphatic carbocycles. The molecular weight excluding hydrogens is 242 g/mol. The summed E-state index contributed by atoms with van der Waals surface area (Å²) < 4.78 is 3.90. The van der Waals surface area contributed by atoms with E-state index in [2.05, 4.69) is 25.6 Å². The number of nitrogens with zero attached hydrogens (tertiary/aromatic N) is 5. The Morgan fingerprint density at radius 2 is 2.05 bits per heavy atom. The van der Waals surface area contributed by atoms with Gasteiger partial charge in [0.1, 0.15) is 11.6 Å². The first-order valence-corrected chi connectivity index (χ1v) is 5.99. The third-order valence-electron chi connectivity index (χ3n) is 2.97. The third-order valence-corrected chi connectivity index (χ3v) is 2.97. The number of rotatable bonds is 4. The van der Waals surface area contributed by atoms with Gasteiger partial charge in [-0.2, -0.15) is 0 Å². The normalized spacial score (nSPS) is 10.8. The summed E-state index contributed by atoms with van der Waals surface area (Å²) in [5.74, 6) is 2.47. The second-order valence-corrected chi connectivity index (χ2v) is 4.19. The predicted molar refractivity (Wildman–Crippen MR) is 73.1 cm³/mol. The van der Waals surface area contributed by atoms with E-state index in [0.29, 0.717) is 6.54 Å². The maximum absolute atomic E-state index is 4.48. The smallest absolute Gasteiger partial charge is 0.180 e. The molecular formula is C12H15N7. The van der Waals surface area contributed by atoms with Crippen LogP contribution >= 0.6 is 0 Å². The highest BCUT2D eigenvalue weighted by Gasteiger charge is 2.07. The second-order valence-electron chi connectivity index (χ2n) is 4.19. The van der Waals surface area contributed by atoms with Gasteiger partial charge in [0.15, 0.2) is 11.5 Å². The predicted octanol–water partition coefficient (Wildman–Crippen LogP) is 1.12. The minimum atomic E-state index is 0.603. The lowest BCUT2D eigenvalue weighted by atomic mass is 10.5. The van der Waals surface area contributed by atoms with E-state index < -0.39 is 0 Å². The highest BCUT2D eigenvalue weighted by molar-refractivity contribution is 5.65. The van der Waals surface area contributed by atoms with Gasteiger partial charge in [0.2, 0.25) is 0 Å². The molecule has 0 aliphatic rings. The summed E-state index contributed by atoms with van der Waals surface area (Å²) in [5, 5.41) is 6.31. The molecule has 0 atom stereocenters. The molecule has 0 spiro atoms. The lowest BCUT2D eigenvalue weighted by Gasteiger charge is -2.09.